The third-order valence-electron chi connectivity index (χ3n) is 3.02. The molecule has 0 radical (unpaired) electrons. The van der Waals surface area contributed by atoms with Crippen LogP contribution in [0.4, 0.5) is 0 Å². The van der Waals surface area contributed by atoms with Gasteiger partial charge in [-0.3, -0.25) is 14.8 Å². The monoisotopic (exact) mass is 303 g/mol. The Morgan fingerprint density at radius 2 is 1.65 bits per heavy atom. The van der Waals surface area contributed by atoms with Crippen molar-refractivity contribution in [2.45, 2.75) is 0 Å². The van der Waals surface area contributed by atoms with Crippen LogP contribution in [0.25, 0.3) is 0 Å². The topological polar surface area (TPSA) is 80.1 Å². The highest BCUT2D eigenvalue weighted by atomic mass is 16.2. The fourth-order valence-corrected chi connectivity index (χ4v) is 1.95. The Hall–Kier alpha value is -3.41. The Morgan fingerprint density at radius 1 is 0.870 bits per heavy atom. The highest BCUT2D eigenvalue weighted by Gasteiger charge is 2.10. The standard InChI is InChI=1S/C17H13N5O/c23-17(15-12-18-10-11-20-15)22-21-16(13-6-2-1-3-7-13)14-8-4-5-9-19-14/h1-12H,(H,22,23)/b21-16-. The predicted molar refractivity (Wildman–Crippen MR) is 85.8 cm³/mol. The second-order valence-electron chi connectivity index (χ2n) is 4.57. The van der Waals surface area contributed by atoms with Crippen molar-refractivity contribution in [1.29, 1.82) is 0 Å². The largest absolute Gasteiger partial charge is 0.291 e. The van der Waals surface area contributed by atoms with E-state index in [9.17, 15) is 4.79 Å². The lowest BCUT2D eigenvalue weighted by Gasteiger charge is -2.06. The summed E-state index contributed by atoms with van der Waals surface area (Å²) < 4.78 is 0. The van der Waals surface area contributed by atoms with Crippen LogP contribution < -0.4 is 5.43 Å². The summed E-state index contributed by atoms with van der Waals surface area (Å²) in [5, 5.41) is 4.23. The summed E-state index contributed by atoms with van der Waals surface area (Å²) in [6.45, 7) is 0. The van der Waals surface area contributed by atoms with Gasteiger partial charge in [0.1, 0.15) is 11.4 Å². The molecule has 2 aromatic heterocycles. The molecule has 1 N–H and O–H groups in total. The molecule has 0 fully saturated rings. The number of hydrazone groups is 1. The molecule has 0 spiro atoms. The van der Waals surface area contributed by atoms with Crippen LogP contribution in [0.5, 0.6) is 0 Å². The third kappa shape index (κ3) is 3.62. The molecule has 0 saturated heterocycles. The average Bonchev–Trinajstić information content (AvgIpc) is 2.64. The third-order valence-corrected chi connectivity index (χ3v) is 3.02. The van der Waals surface area contributed by atoms with E-state index in [2.05, 4.69) is 25.5 Å². The molecule has 6 nitrogen and oxygen atoms in total. The quantitative estimate of drug-likeness (QED) is 0.591. The van der Waals surface area contributed by atoms with Gasteiger partial charge in [-0.25, -0.2) is 10.4 Å². The maximum Gasteiger partial charge on any atom is 0.291 e. The molecule has 1 aromatic carbocycles. The molecule has 3 rings (SSSR count). The lowest BCUT2D eigenvalue weighted by atomic mass is 10.1. The number of amides is 1. The number of hydrogen-bond donors (Lipinski definition) is 1. The lowest BCUT2D eigenvalue weighted by molar-refractivity contribution is 0.0949. The molecule has 6 heteroatoms. The molecule has 0 atom stereocenters. The molecule has 3 aromatic rings. The van der Waals surface area contributed by atoms with Crippen LogP contribution in [0.2, 0.25) is 0 Å². The number of rotatable bonds is 4. The minimum Gasteiger partial charge on any atom is -0.265 e. The summed E-state index contributed by atoms with van der Waals surface area (Å²) >= 11 is 0. The van der Waals surface area contributed by atoms with Gasteiger partial charge in [-0.2, -0.15) is 5.10 Å². The second kappa shape index (κ2) is 7.04. The number of carbonyl (C=O) groups excluding carboxylic acids is 1. The van der Waals surface area contributed by atoms with E-state index in [1.807, 2.05) is 48.5 Å². The predicted octanol–water partition coefficient (Wildman–Crippen LogP) is 2.05. The van der Waals surface area contributed by atoms with Crippen molar-refractivity contribution >= 4 is 11.6 Å². The minimum atomic E-state index is -0.428. The van der Waals surface area contributed by atoms with E-state index in [0.29, 0.717) is 11.4 Å². The van der Waals surface area contributed by atoms with E-state index in [1.54, 1.807) is 6.20 Å². The highest BCUT2D eigenvalue weighted by molar-refractivity contribution is 6.12. The van der Waals surface area contributed by atoms with E-state index < -0.39 is 5.91 Å². The van der Waals surface area contributed by atoms with Crippen LogP contribution in [0.15, 0.2) is 78.4 Å². The second-order valence-corrected chi connectivity index (χ2v) is 4.57. The smallest absolute Gasteiger partial charge is 0.265 e. The van der Waals surface area contributed by atoms with E-state index >= 15 is 0 Å². The fraction of sp³-hybridized carbons (Fsp3) is 0. The van der Waals surface area contributed by atoms with Gasteiger partial charge in [-0.1, -0.05) is 36.4 Å². The SMILES string of the molecule is O=C(N/N=C(/c1ccccc1)c1ccccn1)c1cnccn1. The number of nitrogens with one attached hydrogen (secondary N) is 1. The Kier molecular flexibility index (Phi) is 4.44. The van der Waals surface area contributed by atoms with Gasteiger partial charge in [0.05, 0.1) is 11.9 Å². The molecule has 0 aliphatic carbocycles. The fourth-order valence-electron chi connectivity index (χ4n) is 1.95. The van der Waals surface area contributed by atoms with Gasteiger partial charge in [0.25, 0.3) is 5.91 Å². The normalized spacial score (nSPS) is 11.0. The van der Waals surface area contributed by atoms with Crippen LogP contribution in [0.3, 0.4) is 0 Å². The molecule has 0 unspecified atom stereocenters. The highest BCUT2D eigenvalue weighted by Crippen LogP contribution is 2.08. The molecule has 23 heavy (non-hydrogen) atoms. The number of hydrogen-bond acceptors (Lipinski definition) is 5. The molecule has 0 saturated carbocycles. The zero-order valence-corrected chi connectivity index (χ0v) is 12.1. The Balaban J connectivity index is 1.91. The van der Waals surface area contributed by atoms with Gasteiger partial charge >= 0.3 is 0 Å². The van der Waals surface area contributed by atoms with Crippen molar-refractivity contribution in [3.63, 3.8) is 0 Å². The number of nitrogens with zero attached hydrogens (tertiary/aromatic N) is 4. The number of pyridine rings is 1. The molecule has 0 aliphatic rings. The lowest BCUT2D eigenvalue weighted by Crippen LogP contribution is -2.22. The van der Waals surface area contributed by atoms with Gasteiger partial charge in [0.2, 0.25) is 0 Å². The Labute approximate surface area is 133 Å². The first-order valence-corrected chi connectivity index (χ1v) is 6.95. The van der Waals surface area contributed by atoms with Crippen molar-refractivity contribution in [2.75, 3.05) is 0 Å². The van der Waals surface area contributed by atoms with Crippen LogP contribution in [0, 0.1) is 0 Å². The first-order valence-electron chi connectivity index (χ1n) is 6.95. The maximum absolute atomic E-state index is 12.1. The van der Waals surface area contributed by atoms with Crippen LogP contribution in [0.1, 0.15) is 21.7 Å². The minimum absolute atomic E-state index is 0.199. The van der Waals surface area contributed by atoms with Crippen molar-refractivity contribution in [3.05, 3.63) is 90.3 Å². The summed E-state index contributed by atoms with van der Waals surface area (Å²) in [5.41, 5.74) is 4.79. The van der Waals surface area contributed by atoms with Crippen molar-refractivity contribution in [1.82, 2.24) is 20.4 Å². The summed E-state index contributed by atoms with van der Waals surface area (Å²) in [7, 11) is 0. The van der Waals surface area contributed by atoms with E-state index in [0.717, 1.165) is 5.56 Å². The first kappa shape index (κ1) is 14.5. The van der Waals surface area contributed by atoms with Crippen LogP contribution in [-0.4, -0.2) is 26.6 Å². The van der Waals surface area contributed by atoms with Gasteiger partial charge < -0.3 is 0 Å². The van der Waals surface area contributed by atoms with E-state index in [1.165, 1.54) is 18.6 Å². The zero-order valence-electron chi connectivity index (χ0n) is 12.1. The molecule has 1 amide bonds. The van der Waals surface area contributed by atoms with Crippen LogP contribution in [-0.2, 0) is 0 Å². The summed E-state index contributed by atoms with van der Waals surface area (Å²) in [6.07, 6.45) is 6.02. The van der Waals surface area contributed by atoms with Gasteiger partial charge in [0.15, 0.2) is 0 Å². The summed E-state index contributed by atoms with van der Waals surface area (Å²) in [6, 6.07) is 15.0. The molecular formula is C17H13N5O. The zero-order chi connectivity index (χ0) is 15.9. The Bertz CT molecular complexity index is 763. The van der Waals surface area contributed by atoms with Gasteiger partial charge in [-0.15, -0.1) is 0 Å². The molecule has 0 aliphatic heterocycles. The first-order chi connectivity index (χ1) is 11.3. The van der Waals surface area contributed by atoms with Gasteiger partial charge in [0, 0.05) is 24.2 Å². The Morgan fingerprint density at radius 3 is 2.35 bits per heavy atom. The van der Waals surface area contributed by atoms with Crippen molar-refractivity contribution in [3.8, 4) is 0 Å². The number of carbonyl (C=O) groups is 1. The average molecular weight is 303 g/mol. The summed E-state index contributed by atoms with van der Waals surface area (Å²) in [4.78, 5) is 24.2. The molecule has 0 bridgehead atoms. The number of aromatic nitrogens is 3. The molecule has 2 heterocycles. The molecular weight excluding hydrogens is 290 g/mol. The number of benzene rings is 1. The summed E-state index contributed by atoms with van der Waals surface area (Å²) in [5.74, 6) is -0.428. The van der Waals surface area contributed by atoms with Crippen molar-refractivity contribution < 1.29 is 4.79 Å². The van der Waals surface area contributed by atoms with Crippen molar-refractivity contribution in [2.24, 2.45) is 5.10 Å². The maximum atomic E-state index is 12.1. The van der Waals surface area contributed by atoms with E-state index in [4.69, 9.17) is 0 Å². The van der Waals surface area contributed by atoms with Gasteiger partial charge in [-0.05, 0) is 12.1 Å². The van der Waals surface area contributed by atoms with Crippen LogP contribution >= 0.6 is 0 Å². The molecule has 112 valence electrons. The van der Waals surface area contributed by atoms with E-state index in [-0.39, 0.29) is 5.69 Å².